The molecule has 1 aliphatic rings. The zero-order valence-electron chi connectivity index (χ0n) is 18.6. The number of carbonyl (C=O) groups is 2. The topological polar surface area (TPSA) is 101 Å². The molecule has 1 fully saturated rings. The van der Waals surface area contributed by atoms with Crippen LogP contribution in [0.5, 0.6) is 11.5 Å². The van der Waals surface area contributed by atoms with Crippen LogP contribution in [0.4, 0.5) is 0 Å². The van der Waals surface area contributed by atoms with E-state index in [0.717, 1.165) is 5.56 Å². The number of rotatable bonds is 9. The van der Waals surface area contributed by atoms with Crippen molar-refractivity contribution in [2.24, 2.45) is 0 Å². The van der Waals surface area contributed by atoms with Gasteiger partial charge in [0.1, 0.15) is 11.6 Å². The number of hydrogen-bond acceptors (Lipinski definition) is 6. The first kappa shape index (κ1) is 23.8. The Morgan fingerprint density at radius 3 is 2.61 bits per heavy atom. The van der Waals surface area contributed by atoms with E-state index < -0.39 is 5.91 Å². The van der Waals surface area contributed by atoms with E-state index in [1.165, 1.54) is 13.2 Å². The summed E-state index contributed by atoms with van der Waals surface area (Å²) in [5, 5.41) is 12.2. The Kier molecular flexibility index (Phi) is 8.86. The third-order valence-electron chi connectivity index (χ3n) is 5.12. The van der Waals surface area contributed by atoms with Crippen molar-refractivity contribution >= 4 is 17.9 Å². The predicted molar refractivity (Wildman–Crippen MR) is 123 cm³/mol. The van der Waals surface area contributed by atoms with E-state index in [1.807, 2.05) is 36.4 Å². The fourth-order valence-corrected chi connectivity index (χ4v) is 3.31. The van der Waals surface area contributed by atoms with Gasteiger partial charge in [-0.05, 0) is 35.8 Å². The van der Waals surface area contributed by atoms with Crippen molar-refractivity contribution in [1.82, 2.24) is 10.2 Å². The highest BCUT2D eigenvalue weighted by atomic mass is 16.5. The lowest BCUT2D eigenvalue weighted by Gasteiger charge is -2.26. The van der Waals surface area contributed by atoms with Gasteiger partial charge >= 0.3 is 0 Å². The molecule has 1 N–H and O–H groups in total. The average Bonchev–Trinajstić information content (AvgIpc) is 2.87. The first-order valence-electron chi connectivity index (χ1n) is 10.7. The number of nitriles is 1. The lowest BCUT2D eigenvalue weighted by atomic mass is 10.1. The van der Waals surface area contributed by atoms with Gasteiger partial charge in [0.2, 0.25) is 0 Å². The minimum Gasteiger partial charge on any atom is -0.493 e. The summed E-state index contributed by atoms with van der Waals surface area (Å²) in [4.78, 5) is 26.4. The Labute approximate surface area is 193 Å². The highest BCUT2D eigenvalue weighted by Gasteiger charge is 2.18. The van der Waals surface area contributed by atoms with E-state index in [-0.39, 0.29) is 18.1 Å². The Morgan fingerprint density at radius 2 is 1.91 bits per heavy atom. The SMILES string of the molecule is COc1cc(C=C(C#N)C(=O)NCCc2ccccc2)ccc1OCC(=O)N1CCOCC1. The van der Waals surface area contributed by atoms with Gasteiger partial charge in [0, 0.05) is 19.6 Å². The molecule has 3 rings (SSSR count). The van der Waals surface area contributed by atoms with Crippen LogP contribution in [0.25, 0.3) is 6.08 Å². The molecule has 0 bridgehead atoms. The van der Waals surface area contributed by atoms with Crippen molar-refractivity contribution in [1.29, 1.82) is 5.26 Å². The van der Waals surface area contributed by atoms with E-state index in [4.69, 9.17) is 14.2 Å². The molecule has 0 unspecified atom stereocenters. The maximum Gasteiger partial charge on any atom is 0.261 e. The summed E-state index contributed by atoms with van der Waals surface area (Å²) < 4.78 is 16.3. The smallest absolute Gasteiger partial charge is 0.261 e. The summed E-state index contributed by atoms with van der Waals surface area (Å²) in [5.41, 5.74) is 1.70. The summed E-state index contributed by atoms with van der Waals surface area (Å²) in [7, 11) is 1.49. The zero-order valence-corrected chi connectivity index (χ0v) is 18.6. The number of nitrogens with one attached hydrogen (secondary N) is 1. The summed E-state index contributed by atoms with van der Waals surface area (Å²) in [6.07, 6.45) is 2.16. The van der Waals surface area contributed by atoms with Gasteiger partial charge in [0.25, 0.3) is 11.8 Å². The Balaban J connectivity index is 1.59. The van der Waals surface area contributed by atoms with Crippen LogP contribution in [-0.2, 0) is 20.7 Å². The van der Waals surface area contributed by atoms with Crippen LogP contribution in [0.1, 0.15) is 11.1 Å². The molecule has 0 aromatic heterocycles. The van der Waals surface area contributed by atoms with E-state index in [9.17, 15) is 14.9 Å². The fourth-order valence-electron chi connectivity index (χ4n) is 3.31. The van der Waals surface area contributed by atoms with Gasteiger partial charge in [0.05, 0.1) is 20.3 Å². The molecule has 0 radical (unpaired) electrons. The number of methoxy groups -OCH3 is 1. The summed E-state index contributed by atoms with van der Waals surface area (Å²) in [5.74, 6) is 0.245. The van der Waals surface area contributed by atoms with Crippen molar-refractivity contribution in [3.63, 3.8) is 0 Å². The number of hydrogen-bond donors (Lipinski definition) is 1. The van der Waals surface area contributed by atoms with E-state index in [2.05, 4.69) is 5.32 Å². The monoisotopic (exact) mass is 449 g/mol. The predicted octanol–water partition coefficient (Wildman–Crippen LogP) is 2.20. The largest absolute Gasteiger partial charge is 0.493 e. The lowest BCUT2D eigenvalue weighted by Crippen LogP contribution is -2.43. The zero-order chi connectivity index (χ0) is 23.5. The fraction of sp³-hybridized carbons (Fsp3) is 0.320. The Hall–Kier alpha value is -3.83. The normalized spacial score (nSPS) is 13.7. The van der Waals surface area contributed by atoms with Crippen molar-refractivity contribution in [3.8, 4) is 17.6 Å². The molecule has 0 atom stereocenters. The number of morpholine rings is 1. The molecular formula is C25H27N3O5. The first-order valence-corrected chi connectivity index (χ1v) is 10.7. The molecule has 0 aliphatic carbocycles. The molecule has 8 nitrogen and oxygen atoms in total. The number of ether oxygens (including phenoxy) is 3. The molecular weight excluding hydrogens is 422 g/mol. The molecule has 2 aromatic rings. The minimum absolute atomic E-state index is 0.0127. The third-order valence-corrected chi connectivity index (χ3v) is 5.12. The van der Waals surface area contributed by atoms with Crippen LogP contribution in [0.15, 0.2) is 54.1 Å². The maximum atomic E-state index is 12.4. The maximum absolute atomic E-state index is 12.4. The first-order chi connectivity index (χ1) is 16.1. The van der Waals surface area contributed by atoms with E-state index in [0.29, 0.717) is 56.3 Å². The van der Waals surface area contributed by atoms with Crippen LogP contribution < -0.4 is 14.8 Å². The van der Waals surface area contributed by atoms with Gasteiger partial charge in [0.15, 0.2) is 18.1 Å². The molecule has 1 aliphatic heterocycles. The molecule has 1 heterocycles. The second kappa shape index (κ2) is 12.3. The molecule has 2 amide bonds. The Bertz CT molecular complexity index is 1020. The van der Waals surface area contributed by atoms with Gasteiger partial charge in [-0.15, -0.1) is 0 Å². The number of amides is 2. The Morgan fingerprint density at radius 1 is 1.15 bits per heavy atom. The summed E-state index contributed by atoms with van der Waals surface area (Å²) in [6, 6.07) is 16.7. The van der Waals surface area contributed by atoms with E-state index in [1.54, 1.807) is 23.1 Å². The molecule has 2 aromatic carbocycles. The van der Waals surface area contributed by atoms with Crippen molar-refractivity contribution in [2.45, 2.75) is 6.42 Å². The van der Waals surface area contributed by atoms with Crippen LogP contribution in [-0.4, -0.2) is 63.3 Å². The highest BCUT2D eigenvalue weighted by molar-refractivity contribution is 6.01. The molecule has 8 heteroatoms. The lowest BCUT2D eigenvalue weighted by molar-refractivity contribution is -0.137. The van der Waals surface area contributed by atoms with Crippen LogP contribution in [0, 0.1) is 11.3 Å². The molecule has 33 heavy (non-hydrogen) atoms. The average molecular weight is 450 g/mol. The van der Waals surface area contributed by atoms with Crippen molar-refractivity contribution < 1.29 is 23.8 Å². The number of carbonyl (C=O) groups excluding carboxylic acids is 2. The quantitative estimate of drug-likeness (QED) is 0.465. The third kappa shape index (κ3) is 7.09. The van der Waals surface area contributed by atoms with Gasteiger partial charge in [-0.25, -0.2) is 0 Å². The number of benzene rings is 2. The molecule has 1 saturated heterocycles. The second-order valence-electron chi connectivity index (χ2n) is 7.35. The van der Waals surface area contributed by atoms with Crippen molar-refractivity contribution in [2.75, 3.05) is 46.6 Å². The van der Waals surface area contributed by atoms with Crippen molar-refractivity contribution in [3.05, 3.63) is 65.2 Å². The van der Waals surface area contributed by atoms with Gasteiger partial charge in [-0.3, -0.25) is 9.59 Å². The van der Waals surface area contributed by atoms with E-state index >= 15 is 0 Å². The standard InChI is InChI=1S/C25H27N3O5/c1-31-23-16-20(7-8-22(23)33-18-24(29)28-11-13-32-14-12-28)15-21(17-26)25(30)27-10-9-19-5-3-2-4-6-19/h2-8,15-16H,9-14,18H2,1H3,(H,27,30). The van der Waals surface area contributed by atoms with Gasteiger partial charge in [-0.2, -0.15) is 5.26 Å². The number of nitrogens with zero attached hydrogens (tertiary/aromatic N) is 2. The van der Waals surface area contributed by atoms with Crippen LogP contribution in [0.3, 0.4) is 0 Å². The van der Waals surface area contributed by atoms with Crippen LogP contribution >= 0.6 is 0 Å². The summed E-state index contributed by atoms with van der Waals surface area (Å²) >= 11 is 0. The van der Waals surface area contributed by atoms with Gasteiger partial charge < -0.3 is 24.4 Å². The highest BCUT2D eigenvalue weighted by Crippen LogP contribution is 2.29. The molecule has 172 valence electrons. The van der Waals surface area contributed by atoms with Crippen LogP contribution in [0.2, 0.25) is 0 Å². The summed E-state index contributed by atoms with van der Waals surface area (Å²) in [6.45, 7) is 2.46. The molecule has 0 saturated carbocycles. The molecule has 0 spiro atoms. The second-order valence-corrected chi connectivity index (χ2v) is 7.35. The minimum atomic E-state index is -0.441. The van der Waals surface area contributed by atoms with Gasteiger partial charge in [-0.1, -0.05) is 36.4 Å².